The molecule has 106 valence electrons. The van der Waals surface area contributed by atoms with Crippen LogP contribution in [0.2, 0.25) is 0 Å². The van der Waals surface area contributed by atoms with Crippen molar-refractivity contribution in [1.29, 1.82) is 0 Å². The van der Waals surface area contributed by atoms with Gasteiger partial charge in [-0.05, 0) is 48.2 Å². The van der Waals surface area contributed by atoms with Gasteiger partial charge in [0.25, 0.3) is 0 Å². The topological polar surface area (TPSA) is 35.2 Å². The van der Waals surface area contributed by atoms with Crippen LogP contribution in [0.15, 0.2) is 34.8 Å². The molecule has 0 fully saturated rings. The van der Waals surface area contributed by atoms with E-state index in [1.165, 1.54) is 13.2 Å². The van der Waals surface area contributed by atoms with Crippen LogP contribution in [0.4, 0.5) is 4.39 Å². The lowest BCUT2D eigenvalue weighted by atomic mass is 9.96. The molecule has 0 saturated heterocycles. The van der Waals surface area contributed by atoms with Gasteiger partial charge in [0.05, 0.1) is 13.2 Å². The van der Waals surface area contributed by atoms with Crippen molar-refractivity contribution >= 4 is 15.9 Å². The Morgan fingerprint density at radius 2 is 1.70 bits per heavy atom. The monoisotopic (exact) mass is 337 g/mol. The van der Waals surface area contributed by atoms with Crippen molar-refractivity contribution in [2.45, 2.75) is 19.9 Å². The van der Waals surface area contributed by atoms with Crippen molar-refractivity contribution < 1.29 is 9.13 Å². The average molecular weight is 338 g/mol. The zero-order valence-electron chi connectivity index (χ0n) is 11.7. The maximum absolute atomic E-state index is 13.8. The molecule has 0 aromatic heterocycles. The molecule has 0 bridgehead atoms. The number of methoxy groups -OCH3 is 1. The van der Waals surface area contributed by atoms with Crippen LogP contribution >= 0.6 is 15.9 Å². The van der Waals surface area contributed by atoms with Crippen molar-refractivity contribution in [2.75, 3.05) is 7.11 Å². The highest BCUT2D eigenvalue weighted by Crippen LogP contribution is 2.29. The third-order valence-electron chi connectivity index (χ3n) is 3.35. The second-order valence-electron chi connectivity index (χ2n) is 4.84. The fraction of sp³-hybridized carbons (Fsp3) is 0.250. The van der Waals surface area contributed by atoms with Crippen molar-refractivity contribution in [2.24, 2.45) is 5.73 Å². The Morgan fingerprint density at radius 1 is 1.10 bits per heavy atom. The van der Waals surface area contributed by atoms with E-state index in [9.17, 15) is 4.39 Å². The van der Waals surface area contributed by atoms with Crippen LogP contribution in [0.5, 0.6) is 5.75 Å². The van der Waals surface area contributed by atoms with E-state index >= 15 is 0 Å². The zero-order valence-corrected chi connectivity index (χ0v) is 13.3. The van der Waals surface area contributed by atoms with Gasteiger partial charge < -0.3 is 10.5 Å². The second-order valence-corrected chi connectivity index (χ2v) is 5.63. The fourth-order valence-corrected chi connectivity index (χ4v) is 2.46. The number of ether oxygens (including phenoxy) is 1. The summed E-state index contributed by atoms with van der Waals surface area (Å²) in [7, 11) is 1.44. The quantitative estimate of drug-likeness (QED) is 0.907. The first kappa shape index (κ1) is 15.0. The van der Waals surface area contributed by atoms with Gasteiger partial charge in [0.1, 0.15) is 0 Å². The number of halogens is 2. The SMILES string of the molecule is COc1ccc(C(N)c2cc(C)c(Br)c(C)c2)cc1F. The molecule has 2 rings (SSSR count). The van der Waals surface area contributed by atoms with E-state index in [0.717, 1.165) is 26.7 Å². The Bertz CT molecular complexity index is 619. The maximum Gasteiger partial charge on any atom is 0.165 e. The number of benzene rings is 2. The van der Waals surface area contributed by atoms with Gasteiger partial charge in [-0.1, -0.05) is 34.1 Å². The lowest BCUT2D eigenvalue weighted by Gasteiger charge is -2.16. The molecule has 1 unspecified atom stereocenters. The molecular weight excluding hydrogens is 321 g/mol. The molecule has 1 atom stereocenters. The molecule has 2 N–H and O–H groups in total. The standard InChI is InChI=1S/C16H17BrFNO/c1-9-6-12(7-10(2)15(9)17)16(19)11-4-5-14(20-3)13(18)8-11/h4-8,16H,19H2,1-3H3. The molecule has 0 heterocycles. The number of hydrogen-bond donors (Lipinski definition) is 1. The highest BCUT2D eigenvalue weighted by molar-refractivity contribution is 9.10. The second kappa shape index (κ2) is 5.94. The smallest absolute Gasteiger partial charge is 0.165 e. The van der Waals surface area contributed by atoms with E-state index in [-0.39, 0.29) is 11.8 Å². The van der Waals surface area contributed by atoms with Crippen LogP contribution < -0.4 is 10.5 Å². The number of hydrogen-bond acceptors (Lipinski definition) is 2. The third kappa shape index (κ3) is 2.86. The minimum Gasteiger partial charge on any atom is -0.494 e. The summed E-state index contributed by atoms with van der Waals surface area (Å²) in [5.41, 5.74) is 10.2. The zero-order chi connectivity index (χ0) is 14.9. The van der Waals surface area contributed by atoms with Gasteiger partial charge in [0, 0.05) is 4.47 Å². The Kier molecular flexibility index (Phi) is 4.45. The summed E-state index contributed by atoms with van der Waals surface area (Å²) in [5.74, 6) is -0.171. The van der Waals surface area contributed by atoms with E-state index in [4.69, 9.17) is 10.5 Å². The molecule has 0 aliphatic carbocycles. The van der Waals surface area contributed by atoms with Crippen LogP contribution in [0.1, 0.15) is 28.3 Å². The largest absolute Gasteiger partial charge is 0.494 e. The highest BCUT2D eigenvalue weighted by atomic mass is 79.9. The molecule has 0 aliphatic rings. The van der Waals surface area contributed by atoms with E-state index in [2.05, 4.69) is 15.9 Å². The van der Waals surface area contributed by atoms with Crippen molar-refractivity contribution in [3.8, 4) is 5.75 Å². The Hall–Kier alpha value is -1.39. The predicted octanol–water partition coefficient (Wildman–Crippen LogP) is 4.26. The van der Waals surface area contributed by atoms with Crippen LogP contribution in [0.25, 0.3) is 0 Å². The molecule has 2 nitrogen and oxygen atoms in total. The minimum absolute atomic E-state index is 0.226. The van der Waals surface area contributed by atoms with Gasteiger partial charge in [0.15, 0.2) is 11.6 Å². The lowest BCUT2D eigenvalue weighted by molar-refractivity contribution is 0.386. The molecule has 0 amide bonds. The third-order valence-corrected chi connectivity index (χ3v) is 4.60. The fourth-order valence-electron chi connectivity index (χ4n) is 2.23. The Morgan fingerprint density at radius 3 is 2.20 bits per heavy atom. The number of aryl methyl sites for hydroxylation is 2. The van der Waals surface area contributed by atoms with E-state index in [1.54, 1.807) is 12.1 Å². The van der Waals surface area contributed by atoms with Gasteiger partial charge in [-0.15, -0.1) is 0 Å². The summed E-state index contributed by atoms with van der Waals surface area (Å²) in [6, 6.07) is 8.49. The van der Waals surface area contributed by atoms with Gasteiger partial charge in [0.2, 0.25) is 0 Å². The van der Waals surface area contributed by atoms with Crippen LogP contribution in [0, 0.1) is 19.7 Å². The molecular formula is C16H17BrFNO. The molecule has 0 saturated carbocycles. The summed E-state index contributed by atoms with van der Waals surface area (Å²) in [5, 5.41) is 0. The maximum atomic E-state index is 13.8. The van der Waals surface area contributed by atoms with Gasteiger partial charge in [-0.2, -0.15) is 0 Å². The van der Waals surface area contributed by atoms with Gasteiger partial charge >= 0.3 is 0 Å². The summed E-state index contributed by atoms with van der Waals surface area (Å²) >= 11 is 3.53. The summed E-state index contributed by atoms with van der Waals surface area (Å²) < 4.78 is 19.8. The normalized spacial score (nSPS) is 12.3. The minimum atomic E-state index is -0.397. The van der Waals surface area contributed by atoms with Crippen molar-refractivity contribution in [3.05, 3.63) is 62.9 Å². The van der Waals surface area contributed by atoms with Crippen molar-refractivity contribution in [1.82, 2.24) is 0 Å². The van der Waals surface area contributed by atoms with Crippen LogP contribution in [-0.2, 0) is 0 Å². The summed E-state index contributed by atoms with van der Waals surface area (Å²) in [4.78, 5) is 0. The molecule has 2 aromatic rings. The number of nitrogens with two attached hydrogens (primary N) is 1. The van der Waals surface area contributed by atoms with Gasteiger partial charge in [-0.25, -0.2) is 4.39 Å². The van der Waals surface area contributed by atoms with Crippen molar-refractivity contribution in [3.63, 3.8) is 0 Å². The summed E-state index contributed by atoms with van der Waals surface area (Å²) in [6.07, 6.45) is 0. The first-order chi connectivity index (χ1) is 9.43. The Labute approximate surface area is 126 Å². The first-order valence-electron chi connectivity index (χ1n) is 6.29. The molecule has 20 heavy (non-hydrogen) atoms. The molecule has 0 radical (unpaired) electrons. The number of rotatable bonds is 3. The Balaban J connectivity index is 2.41. The molecule has 0 spiro atoms. The van der Waals surface area contributed by atoms with E-state index < -0.39 is 5.82 Å². The summed E-state index contributed by atoms with van der Waals surface area (Å²) in [6.45, 7) is 4.03. The molecule has 0 aliphatic heterocycles. The van der Waals surface area contributed by atoms with Crippen LogP contribution in [0.3, 0.4) is 0 Å². The molecule has 4 heteroatoms. The van der Waals surface area contributed by atoms with E-state index in [0.29, 0.717) is 0 Å². The highest BCUT2D eigenvalue weighted by Gasteiger charge is 2.14. The van der Waals surface area contributed by atoms with Gasteiger partial charge in [-0.3, -0.25) is 0 Å². The van der Waals surface area contributed by atoms with E-state index in [1.807, 2.05) is 26.0 Å². The first-order valence-corrected chi connectivity index (χ1v) is 7.09. The van der Waals surface area contributed by atoms with Crippen LogP contribution in [-0.4, -0.2) is 7.11 Å². The molecule has 2 aromatic carbocycles. The predicted molar refractivity (Wildman–Crippen MR) is 82.6 cm³/mol. The average Bonchev–Trinajstić information content (AvgIpc) is 2.43. The lowest BCUT2D eigenvalue weighted by Crippen LogP contribution is -2.13.